The van der Waals surface area contributed by atoms with Gasteiger partial charge < -0.3 is 15.2 Å². The SMILES string of the molecule is O=C(NCC=Cc1cc(O)ccc1F)OCC1c2ccccc2-c2ccccc21. The normalized spacial score (nSPS) is 12.6. The maximum atomic E-state index is 13.6. The molecule has 2 N–H and O–H groups in total. The molecule has 0 spiro atoms. The van der Waals surface area contributed by atoms with E-state index in [1.54, 1.807) is 6.08 Å². The molecule has 0 aliphatic heterocycles. The van der Waals surface area contributed by atoms with Gasteiger partial charge in [-0.1, -0.05) is 60.7 Å². The molecule has 4 nitrogen and oxygen atoms in total. The number of nitrogens with one attached hydrogen (secondary N) is 1. The minimum absolute atomic E-state index is 0.00471. The Morgan fingerprint density at radius 1 is 1.03 bits per heavy atom. The van der Waals surface area contributed by atoms with Gasteiger partial charge in [-0.3, -0.25) is 0 Å². The summed E-state index contributed by atoms with van der Waals surface area (Å²) in [6.45, 7) is 0.427. The van der Waals surface area contributed by atoms with Crippen molar-refractivity contribution < 1.29 is 19.0 Å². The summed E-state index contributed by atoms with van der Waals surface area (Å²) in [7, 11) is 0. The number of benzene rings is 3. The van der Waals surface area contributed by atoms with Crippen LogP contribution >= 0.6 is 0 Å². The van der Waals surface area contributed by atoms with E-state index in [4.69, 9.17) is 4.74 Å². The Morgan fingerprint density at radius 2 is 1.69 bits per heavy atom. The quantitative estimate of drug-likeness (QED) is 0.640. The molecule has 0 atom stereocenters. The van der Waals surface area contributed by atoms with Gasteiger partial charge in [-0.2, -0.15) is 0 Å². The molecule has 0 saturated carbocycles. The minimum atomic E-state index is -0.534. The van der Waals surface area contributed by atoms with Crippen LogP contribution in [0.5, 0.6) is 5.75 Å². The van der Waals surface area contributed by atoms with Crippen molar-refractivity contribution in [3.8, 4) is 16.9 Å². The van der Waals surface area contributed by atoms with Gasteiger partial charge in [-0.15, -0.1) is 0 Å². The standard InChI is InChI=1S/C24H20FNO3/c25-23-12-11-17(27)14-16(23)6-5-13-26-24(28)29-15-22-20-9-3-1-7-18(20)19-8-2-4-10-21(19)22/h1-12,14,22,27H,13,15H2,(H,26,28). The highest BCUT2D eigenvalue weighted by atomic mass is 19.1. The van der Waals surface area contributed by atoms with E-state index in [2.05, 4.69) is 29.6 Å². The smallest absolute Gasteiger partial charge is 0.407 e. The van der Waals surface area contributed by atoms with Crippen LogP contribution in [0.25, 0.3) is 17.2 Å². The first kappa shape index (κ1) is 18.7. The van der Waals surface area contributed by atoms with Crippen LogP contribution in [0.4, 0.5) is 9.18 Å². The van der Waals surface area contributed by atoms with Crippen molar-refractivity contribution in [1.82, 2.24) is 5.32 Å². The summed E-state index contributed by atoms with van der Waals surface area (Å²) in [4.78, 5) is 12.1. The van der Waals surface area contributed by atoms with Crippen LogP contribution < -0.4 is 5.32 Å². The molecule has 29 heavy (non-hydrogen) atoms. The third-order valence-corrected chi connectivity index (χ3v) is 4.98. The van der Waals surface area contributed by atoms with E-state index in [1.165, 1.54) is 35.4 Å². The molecule has 1 aliphatic carbocycles. The van der Waals surface area contributed by atoms with Crippen molar-refractivity contribution in [3.63, 3.8) is 0 Å². The molecule has 3 aromatic carbocycles. The predicted molar refractivity (Wildman–Crippen MR) is 110 cm³/mol. The maximum Gasteiger partial charge on any atom is 0.407 e. The number of alkyl carbamates (subject to hydrolysis) is 1. The summed E-state index contributed by atoms with van der Waals surface area (Å²) >= 11 is 0. The highest BCUT2D eigenvalue weighted by Gasteiger charge is 2.28. The molecule has 0 saturated heterocycles. The van der Waals surface area contributed by atoms with Crippen molar-refractivity contribution in [2.75, 3.05) is 13.2 Å². The maximum absolute atomic E-state index is 13.6. The summed E-state index contributed by atoms with van der Waals surface area (Å²) in [5.74, 6) is -0.458. The molecule has 4 rings (SSSR count). The number of phenolic OH excluding ortho intramolecular Hbond substituents is 1. The fraction of sp³-hybridized carbons (Fsp3) is 0.125. The van der Waals surface area contributed by atoms with Crippen LogP contribution in [0.2, 0.25) is 0 Å². The van der Waals surface area contributed by atoms with Gasteiger partial charge in [-0.05, 0) is 40.5 Å². The second kappa shape index (κ2) is 8.19. The molecule has 1 aliphatic rings. The molecule has 0 radical (unpaired) electrons. The molecule has 146 valence electrons. The van der Waals surface area contributed by atoms with Crippen molar-refractivity contribution in [1.29, 1.82) is 0 Å². The lowest BCUT2D eigenvalue weighted by molar-refractivity contribution is 0.144. The predicted octanol–water partition coefficient (Wildman–Crippen LogP) is 5.08. The summed E-state index contributed by atoms with van der Waals surface area (Å²) < 4.78 is 19.1. The highest BCUT2D eigenvalue weighted by Crippen LogP contribution is 2.44. The Labute approximate surface area is 168 Å². The molecule has 0 bridgehead atoms. The van der Waals surface area contributed by atoms with Crippen LogP contribution in [-0.4, -0.2) is 24.4 Å². The third kappa shape index (κ3) is 3.99. The molecular weight excluding hydrogens is 369 g/mol. The summed E-state index contributed by atoms with van der Waals surface area (Å²) in [6, 6.07) is 20.1. The van der Waals surface area contributed by atoms with Gasteiger partial charge in [0.1, 0.15) is 18.2 Å². The number of rotatable bonds is 5. The van der Waals surface area contributed by atoms with Gasteiger partial charge in [0, 0.05) is 18.0 Å². The van der Waals surface area contributed by atoms with Crippen LogP contribution in [0.1, 0.15) is 22.6 Å². The van der Waals surface area contributed by atoms with Gasteiger partial charge >= 0.3 is 6.09 Å². The van der Waals surface area contributed by atoms with E-state index in [9.17, 15) is 14.3 Å². The van der Waals surface area contributed by atoms with E-state index in [-0.39, 0.29) is 30.4 Å². The number of ether oxygens (including phenoxy) is 1. The average Bonchev–Trinajstić information content (AvgIpc) is 3.06. The summed E-state index contributed by atoms with van der Waals surface area (Å²) in [5.41, 5.74) is 4.90. The number of hydrogen-bond donors (Lipinski definition) is 2. The van der Waals surface area contributed by atoms with E-state index in [0.717, 1.165) is 11.1 Å². The first-order valence-electron chi connectivity index (χ1n) is 9.37. The second-order valence-corrected chi connectivity index (χ2v) is 6.81. The lowest BCUT2D eigenvalue weighted by Crippen LogP contribution is -2.26. The molecule has 0 unspecified atom stereocenters. The molecular formula is C24H20FNO3. The Bertz CT molecular complexity index is 1030. The van der Waals surface area contributed by atoms with Crippen molar-refractivity contribution >= 4 is 12.2 Å². The van der Waals surface area contributed by atoms with Crippen molar-refractivity contribution in [2.45, 2.75) is 5.92 Å². The lowest BCUT2D eigenvalue weighted by Gasteiger charge is -2.14. The van der Waals surface area contributed by atoms with Gasteiger partial charge in [0.15, 0.2) is 0 Å². The topological polar surface area (TPSA) is 58.6 Å². The van der Waals surface area contributed by atoms with Gasteiger partial charge in [0.05, 0.1) is 0 Å². The summed E-state index contributed by atoms with van der Waals surface area (Å²) in [6.07, 6.45) is 2.56. The first-order chi connectivity index (χ1) is 14.1. The Kier molecular flexibility index (Phi) is 5.29. The molecule has 5 heteroatoms. The lowest BCUT2D eigenvalue weighted by atomic mass is 9.98. The molecule has 0 fully saturated rings. The fourth-order valence-corrected chi connectivity index (χ4v) is 3.64. The molecule has 1 amide bonds. The first-order valence-corrected chi connectivity index (χ1v) is 9.37. The Balaban J connectivity index is 1.34. The van der Waals surface area contributed by atoms with Gasteiger partial charge in [-0.25, -0.2) is 9.18 Å². The van der Waals surface area contributed by atoms with E-state index in [1.807, 2.05) is 24.3 Å². The molecule has 3 aromatic rings. The minimum Gasteiger partial charge on any atom is -0.508 e. The number of carbonyl (C=O) groups excluding carboxylic acids is 1. The van der Waals surface area contributed by atoms with Crippen molar-refractivity contribution in [2.24, 2.45) is 0 Å². The zero-order valence-electron chi connectivity index (χ0n) is 15.6. The van der Waals surface area contributed by atoms with E-state index >= 15 is 0 Å². The number of phenols is 1. The number of halogens is 1. The van der Waals surface area contributed by atoms with Crippen LogP contribution in [0.3, 0.4) is 0 Å². The fourth-order valence-electron chi connectivity index (χ4n) is 3.64. The number of hydrogen-bond acceptors (Lipinski definition) is 3. The monoisotopic (exact) mass is 389 g/mol. The van der Waals surface area contributed by atoms with Gasteiger partial charge in [0.2, 0.25) is 0 Å². The summed E-state index contributed by atoms with van der Waals surface area (Å²) in [5, 5.41) is 12.0. The zero-order chi connectivity index (χ0) is 20.2. The van der Waals surface area contributed by atoms with Crippen LogP contribution in [0, 0.1) is 5.82 Å². The number of aromatic hydroxyl groups is 1. The van der Waals surface area contributed by atoms with Crippen LogP contribution in [0.15, 0.2) is 72.8 Å². The average molecular weight is 389 g/mol. The van der Waals surface area contributed by atoms with Crippen LogP contribution in [-0.2, 0) is 4.74 Å². The largest absolute Gasteiger partial charge is 0.508 e. The number of carbonyl (C=O) groups is 1. The van der Waals surface area contributed by atoms with Gasteiger partial charge in [0.25, 0.3) is 0 Å². The Morgan fingerprint density at radius 3 is 2.38 bits per heavy atom. The molecule has 0 heterocycles. The molecule has 0 aromatic heterocycles. The Hall–Kier alpha value is -3.60. The zero-order valence-corrected chi connectivity index (χ0v) is 15.6. The highest BCUT2D eigenvalue weighted by molar-refractivity contribution is 5.79. The number of fused-ring (bicyclic) bond motifs is 3. The van der Waals surface area contributed by atoms with E-state index in [0.29, 0.717) is 0 Å². The third-order valence-electron chi connectivity index (χ3n) is 4.98. The second-order valence-electron chi connectivity index (χ2n) is 6.81. The van der Waals surface area contributed by atoms with E-state index < -0.39 is 11.9 Å². The van der Waals surface area contributed by atoms with Crippen molar-refractivity contribution in [3.05, 3.63) is 95.3 Å². The number of amides is 1.